The molecule has 2 amide bonds. The van der Waals surface area contributed by atoms with E-state index in [0.717, 1.165) is 58.9 Å². The van der Waals surface area contributed by atoms with E-state index < -0.39 is 0 Å². The number of nitrogens with zero attached hydrogens (tertiary/aromatic N) is 5. The summed E-state index contributed by atoms with van der Waals surface area (Å²) < 4.78 is 7.09. The number of carbonyl (C=O) groups is 2. The molecule has 3 aromatic carbocycles. The highest BCUT2D eigenvalue weighted by atomic mass is 16.5. The minimum Gasteiger partial charge on any atom is -0.497 e. The minimum atomic E-state index is -0.115. The fourth-order valence-electron chi connectivity index (χ4n) is 6.10. The van der Waals surface area contributed by atoms with Crippen molar-refractivity contribution in [3.05, 3.63) is 101 Å². The molecule has 0 saturated carbocycles. The van der Waals surface area contributed by atoms with Gasteiger partial charge in [-0.15, -0.1) is 0 Å². The zero-order valence-corrected chi connectivity index (χ0v) is 27.4. The molecule has 8 nitrogen and oxygen atoms in total. The number of hydrogen-bond acceptors (Lipinski definition) is 5. The molecule has 0 saturated heterocycles. The van der Waals surface area contributed by atoms with Crippen molar-refractivity contribution in [1.29, 1.82) is 0 Å². The van der Waals surface area contributed by atoms with Gasteiger partial charge in [-0.25, -0.2) is 0 Å². The van der Waals surface area contributed by atoms with Crippen molar-refractivity contribution in [1.82, 2.24) is 19.6 Å². The van der Waals surface area contributed by atoms with Crippen LogP contribution in [-0.2, 0) is 24.8 Å². The molecule has 2 heterocycles. The second kappa shape index (κ2) is 14.1. The van der Waals surface area contributed by atoms with Gasteiger partial charge in [0.25, 0.3) is 5.91 Å². The van der Waals surface area contributed by atoms with Gasteiger partial charge >= 0.3 is 0 Å². The number of hydrogen-bond donors (Lipinski definition) is 0. The molecule has 0 spiro atoms. The van der Waals surface area contributed by atoms with E-state index >= 15 is 0 Å². The molecule has 1 aliphatic rings. The number of aromatic nitrogens is 2. The van der Waals surface area contributed by atoms with E-state index in [9.17, 15) is 9.59 Å². The third kappa shape index (κ3) is 7.45. The Balaban J connectivity index is 1.49. The third-order valence-electron chi connectivity index (χ3n) is 8.72. The zero-order chi connectivity index (χ0) is 32.1. The predicted molar refractivity (Wildman–Crippen MR) is 180 cm³/mol. The summed E-state index contributed by atoms with van der Waals surface area (Å²) >= 11 is 0. The highest BCUT2D eigenvalue weighted by molar-refractivity contribution is 5.97. The first kappa shape index (κ1) is 32.0. The molecule has 0 bridgehead atoms. The molecule has 236 valence electrons. The van der Waals surface area contributed by atoms with Crippen molar-refractivity contribution in [2.24, 2.45) is 7.05 Å². The smallest absolute Gasteiger partial charge is 0.274 e. The summed E-state index contributed by atoms with van der Waals surface area (Å²) in [6, 6.07) is 24.2. The monoisotopic (exact) mass is 607 g/mol. The summed E-state index contributed by atoms with van der Waals surface area (Å²) in [7, 11) is 3.52. The molecule has 45 heavy (non-hydrogen) atoms. The van der Waals surface area contributed by atoms with E-state index in [0.29, 0.717) is 31.4 Å². The maximum absolute atomic E-state index is 14.2. The lowest BCUT2D eigenvalue weighted by Gasteiger charge is -2.29. The minimum absolute atomic E-state index is 0.0383. The summed E-state index contributed by atoms with van der Waals surface area (Å²) in [6.45, 7) is 11.6. The Hall–Kier alpha value is -4.43. The SMILES string of the molecule is COc1ccc(CC(=O)N2CCCN(C(C)C)CCN(C(=O)c3cc(-c4ccc(C)cc4)n(C)n3)Cc3cccc(C)c32)cc1. The molecule has 1 aromatic heterocycles. The summed E-state index contributed by atoms with van der Waals surface area (Å²) in [6.07, 6.45) is 1.11. The molecule has 8 heteroatoms. The van der Waals surface area contributed by atoms with E-state index in [1.54, 1.807) is 11.8 Å². The molecule has 5 rings (SSSR count). The van der Waals surface area contributed by atoms with Crippen LogP contribution < -0.4 is 9.64 Å². The number of methoxy groups -OCH3 is 1. The average Bonchev–Trinajstić information content (AvgIpc) is 3.40. The Morgan fingerprint density at radius 3 is 2.33 bits per heavy atom. The Morgan fingerprint density at radius 1 is 0.911 bits per heavy atom. The van der Waals surface area contributed by atoms with Crippen LogP contribution in [0.25, 0.3) is 11.3 Å². The first-order valence-corrected chi connectivity index (χ1v) is 15.8. The largest absolute Gasteiger partial charge is 0.497 e. The van der Waals surface area contributed by atoms with E-state index in [1.165, 1.54) is 5.56 Å². The number of benzene rings is 3. The molecule has 0 fully saturated rings. The van der Waals surface area contributed by atoms with Crippen molar-refractivity contribution >= 4 is 17.5 Å². The van der Waals surface area contributed by atoms with Crippen LogP contribution in [-0.4, -0.2) is 70.7 Å². The van der Waals surface area contributed by atoms with Crippen LogP contribution in [0.5, 0.6) is 5.75 Å². The maximum atomic E-state index is 14.2. The zero-order valence-electron chi connectivity index (χ0n) is 27.4. The number of fused-ring (bicyclic) bond motifs is 1. The van der Waals surface area contributed by atoms with Gasteiger partial charge in [0.15, 0.2) is 5.69 Å². The Morgan fingerprint density at radius 2 is 1.64 bits per heavy atom. The summed E-state index contributed by atoms with van der Waals surface area (Å²) in [5, 5.41) is 4.67. The van der Waals surface area contributed by atoms with Crippen LogP contribution in [0.15, 0.2) is 72.8 Å². The molecular formula is C37H45N5O3. The Labute approximate surface area is 267 Å². The van der Waals surface area contributed by atoms with Gasteiger partial charge in [-0.1, -0.05) is 60.2 Å². The van der Waals surface area contributed by atoms with Gasteiger partial charge in [0.05, 0.1) is 24.9 Å². The molecular weight excluding hydrogens is 562 g/mol. The molecule has 1 aliphatic heterocycles. The molecule has 0 unspecified atom stereocenters. The van der Waals surface area contributed by atoms with Gasteiger partial charge in [-0.05, 0) is 74.6 Å². The average molecular weight is 608 g/mol. The van der Waals surface area contributed by atoms with Crippen LogP contribution in [0.2, 0.25) is 0 Å². The first-order valence-electron chi connectivity index (χ1n) is 15.8. The molecule has 0 atom stereocenters. The quantitative estimate of drug-likeness (QED) is 0.267. The van der Waals surface area contributed by atoms with Crippen molar-refractivity contribution in [2.45, 2.75) is 53.1 Å². The molecule has 0 radical (unpaired) electrons. The number of rotatable bonds is 6. The van der Waals surface area contributed by atoms with E-state index in [2.05, 4.69) is 55.0 Å². The van der Waals surface area contributed by atoms with Crippen molar-refractivity contribution in [3.63, 3.8) is 0 Å². The highest BCUT2D eigenvalue weighted by Crippen LogP contribution is 2.30. The van der Waals surface area contributed by atoms with Gasteiger partial charge in [-0.2, -0.15) is 5.10 Å². The maximum Gasteiger partial charge on any atom is 0.274 e. The second-order valence-electron chi connectivity index (χ2n) is 12.3. The van der Waals surface area contributed by atoms with Crippen molar-refractivity contribution in [3.8, 4) is 17.0 Å². The van der Waals surface area contributed by atoms with Crippen LogP contribution in [0.1, 0.15) is 53.0 Å². The first-order chi connectivity index (χ1) is 21.6. The fourth-order valence-corrected chi connectivity index (χ4v) is 6.10. The van der Waals surface area contributed by atoms with Crippen molar-refractivity contribution < 1.29 is 14.3 Å². The van der Waals surface area contributed by atoms with Crippen molar-refractivity contribution in [2.75, 3.05) is 38.2 Å². The summed E-state index contributed by atoms with van der Waals surface area (Å²) in [4.78, 5) is 34.5. The summed E-state index contributed by atoms with van der Waals surface area (Å²) in [5.41, 5.74) is 7.32. The van der Waals surface area contributed by atoms with Crippen LogP contribution in [0.3, 0.4) is 0 Å². The van der Waals surface area contributed by atoms with Gasteiger partial charge in [0.1, 0.15) is 5.75 Å². The number of amides is 2. The van der Waals surface area contributed by atoms with Gasteiger partial charge in [0.2, 0.25) is 5.91 Å². The van der Waals surface area contributed by atoms with Crippen LogP contribution >= 0.6 is 0 Å². The third-order valence-corrected chi connectivity index (χ3v) is 8.72. The number of anilines is 1. The molecule has 4 aromatic rings. The molecule has 0 aliphatic carbocycles. The van der Waals surface area contributed by atoms with Crippen LogP contribution in [0, 0.1) is 13.8 Å². The lowest BCUT2D eigenvalue weighted by molar-refractivity contribution is -0.118. The topological polar surface area (TPSA) is 70.9 Å². The molecule has 0 N–H and O–H groups in total. The standard InChI is InChI=1S/C37H45N5O3/c1-26(2)40-19-8-20-42(35(43)23-29-13-17-32(45-6)18-14-29)36-28(4)9-7-10-31(36)25-41(22-21-40)37(44)33-24-34(39(5)38-33)30-15-11-27(3)12-16-30/h7,9-18,24,26H,8,19-23,25H2,1-6H3. The summed E-state index contributed by atoms with van der Waals surface area (Å²) in [5.74, 6) is 0.687. The van der Waals surface area contributed by atoms with Crippen LogP contribution in [0.4, 0.5) is 5.69 Å². The van der Waals surface area contributed by atoms with Gasteiger partial charge < -0.3 is 14.5 Å². The van der Waals surface area contributed by atoms with E-state index in [-0.39, 0.29) is 18.2 Å². The number of carbonyl (C=O) groups excluding carboxylic acids is 2. The lowest BCUT2D eigenvalue weighted by Crippen LogP contribution is -2.41. The predicted octanol–water partition coefficient (Wildman–Crippen LogP) is 6.04. The Kier molecular flexibility index (Phi) is 10.0. The highest BCUT2D eigenvalue weighted by Gasteiger charge is 2.27. The number of aryl methyl sites for hydroxylation is 3. The van der Waals surface area contributed by atoms with Gasteiger partial charge in [0, 0.05) is 45.8 Å². The number of ether oxygens (including phenoxy) is 1. The van der Waals surface area contributed by atoms with E-state index in [4.69, 9.17) is 4.74 Å². The second-order valence-corrected chi connectivity index (χ2v) is 12.3. The lowest BCUT2D eigenvalue weighted by atomic mass is 10.0. The number of para-hydroxylation sites is 1. The normalized spacial score (nSPS) is 14.6. The Bertz CT molecular complexity index is 1630. The van der Waals surface area contributed by atoms with Gasteiger partial charge in [-0.3, -0.25) is 19.2 Å². The van der Waals surface area contributed by atoms with E-state index in [1.807, 2.05) is 72.3 Å². The fraction of sp³-hybridized carbons (Fsp3) is 0.378.